The molecule has 0 amide bonds. The van der Waals surface area contributed by atoms with Crippen molar-refractivity contribution in [1.29, 1.82) is 0 Å². The second kappa shape index (κ2) is 5.36. The van der Waals surface area contributed by atoms with Crippen LogP contribution in [0.2, 0.25) is 0 Å². The summed E-state index contributed by atoms with van der Waals surface area (Å²) >= 11 is 0. The third kappa shape index (κ3) is 2.42. The fourth-order valence-corrected chi connectivity index (χ4v) is 2.61. The second-order valence-corrected chi connectivity index (χ2v) is 4.84. The monoisotopic (exact) mass is 250 g/mol. The molecule has 1 aromatic rings. The summed E-state index contributed by atoms with van der Waals surface area (Å²) < 4.78 is 16.9. The Hall–Kier alpha value is -0.940. The molecule has 0 radical (unpaired) electrons. The number of benzene rings is 1. The lowest BCUT2D eigenvalue weighted by Gasteiger charge is -2.31. The van der Waals surface area contributed by atoms with Crippen LogP contribution in [0.1, 0.15) is 12.0 Å². The number of hydrogen-bond acceptors (Lipinski definition) is 4. The number of aliphatic hydroxyl groups excluding tert-OH is 1. The molecule has 4 atom stereocenters. The summed E-state index contributed by atoms with van der Waals surface area (Å²) in [5, 5.41) is 10.0. The number of fused-ring (bicyclic) bond motifs is 1. The smallest absolute Gasteiger partial charge is 0.165 e. The van der Waals surface area contributed by atoms with Gasteiger partial charge >= 0.3 is 0 Å². The predicted octanol–water partition coefficient (Wildman–Crippen LogP) is 1.33. The molecule has 2 unspecified atom stereocenters. The first-order valence-electron chi connectivity index (χ1n) is 6.41. The summed E-state index contributed by atoms with van der Waals surface area (Å²) in [7, 11) is 0. The van der Waals surface area contributed by atoms with Gasteiger partial charge in [0.15, 0.2) is 6.29 Å². The Morgan fingerprint density at radius 3 is 2.89 bits per heavy atom. The van der Waals surface area contributed by atoms with Gasteiger partial charge < -0.3 is 19.3 Å². The van der Waals surface area contributed by atoms with Gasteiger partial charge in [0.05, 0.1) is 37.9 Å². The molecule has 3 rings (SSSR count). The zero-order chi connectivity index (χ0) is 12.4. The van der Waals surface area contributed by atoms with Gasteiger partial charge in [0.2, 0.25) is 0 Å². The van der Waals surface area contributed by atoms with Gasteiger partial charge in [0.25, 0.3) is 0 Å². The summed E-state index contributed by atoms with van der Waals surface area (Å²) in [5.41, 5.74) is 1.13. The zero-order valence-electron chi connectivity index (χ0n) is 10.2. The molecule has 0 aromatic heterocycles. The second-order valence-electron chi connectivity index (χ2n) is 4.84. The van der Waals surface area contributed by atoms with Crippen LogP contribution >= 0.6 is 0 Å². The fourth-order valence-electron chi connectivity index (χ4n) is 2.61. The quantitative estimate of drug-likeness (QED) is 0.879. The Morgan fingerprint density at radius 2 is 2.06 bits per heavy atom. The minimum Gasteiger partial charge on any atom is -0.392 e. The van der Waals surface area contributed by atoms with Crippen molar-refractivity contribution in [2.45, 2.75) is 31.5 Å². The van der Waals surface area contributed by atoms with Crippen molar-refractivity contribution in [2.75, 3.05) is 13.2 Å². The van der Waals surface area contributed by atoms with Crippen molar-refractivity contribution in [2.24, 2.45) is 5.92 Å². The molecule has 2 aliphatic rings. The fraction of sp³-hybridized carbons (Fsp3) is 0.571. The highest BCUT2D eigenvalue weighted by molar-refractivity contribution is 5.13. The maximum Gasteiger partial charge on any atom is 0.165 e. The molecule has 1 aromatic carbocycles. The molecule has 4 heteroatoms. The van der Waals surface area contributed by atoms with E-state index in [-0.39, 0.29) is 24.4 Å². The molecule has 2 saturated heterocycles. The first-order valence-corrected chi connectivity index (χ1v) is 6.41. The minimum atomic E-state index is -0.382. The van der Waals surface area contributed by atoms with Gasteiger partial charge in [-0.05, 0) is 12.0 Å². The van der Waals surface area contributed by atoms with Crippen molar-refractivity contribution in [3.8, 4) is 0 Å². The van der Waals surface area contributed by atoms with Gasteiger partial charge in [-0.1, -0.05) is 30.3 Å². The summed E-state index contributed by atoms with van der Waals surface area (Å²) in [6, 6.07) is 10.0. The maximum atomic E-state index is 10.0. The number of hydrogen-bond donors (Lipinski definition) is 1. The topological polar surface area (TPSA) is 47.9 Å². The SMILES string of the molecule is O[C@H]1CCO[C@H]2OCC(OCc3ccccc3)C21. The normalized spacial score (nSPS) is 35.4. The molecule has 0 bridgehead atoms. The predicted molar refractivity (Wildman–Crippen MR) is 64.8 cm³/mol. The number of ether oxygens (including phenoxy) is 3. The molecule has 18 heavy (non-hydrogen) atoms. The lowest BCUT2D eigenvalue weighted by molar-refractivity contribution is -0.185. The standard InChI is InChI=1S/C14H18O4/c15-11-6-7-16-14-13(11)12(9-18-14)17-8-10-4-2-1-3-5-10/h1-5,11-15H,6-9H2/t11-,12?,13?,14-/m0/s1. The lowest BCUT2D eigenvalue weighted by atomic mass is 9.93. The van der Waals surface area contributed by atoms with Crippen molar-refractivity contribution in [3.63, 3.8) is 0 Å². The molecule has 2 aliphatic heterocycles. The van der Waals surface area contributed by atoms with Crippen LogP contribution < -0.4 is 0 Å². The van der Waals surface area contributed by atoms with E-state index in [0.29, 0.717) is 26.2 Å². The minimum absolute atomic E-state index is 0.0533. The first kappa shape index (κ1) is 12.1. The highest BCUT2D eigenvalue weighted by Crippen LogP contribution is 2.33. The van der Waals surface area contributed by atoms with E-state index in [0.717, 1.165) is 5.56 Å². The Bertz CT molecular complexity index is 381. The highest BCUT2D eigenvalue weighted by atomic mass is 16.7. The van der Waals surface area contributed by atoms with E-state index in [1.165, 1.54) is 0 Å². The van der Waals surface area contributed by atoms with E-state index in [1.54, 1.807) is 0 Å². The number of rotatable bonds is 3. The average Bonchev–Trinajstić information content (AvgIpc) is 2.82. The molecule has 0 aliphatic carbocycles. The number of aliphatic hydroxyl groups is 1. The van der Waals surface area contributed by atoms with Gasteiger partial charge in [0.1, 0.15) is 0 Å². The summed E-state index contributed by atoms with van der Waals surface area (Å²) in [6.07, 6.45) is -0.0949. The van der Waals surface area contributed by atoms with Crippen LogP contribution in [-0.4, -0.2) is 36.8 Å². The van der Waals surface area contributed by atoms with Crippen molar-refractivity contribution >= 4 is 0 Å². The summed E-state index contributed by atoms with van der Waals surface area (Å²) in [6.45, 7) is 1.61. The van der Waals surface area contributed by atoms with Gasteiger partial charge in [-0.3, -0.25) is 0 Å². The van der Waals surface area contributed by atoms with E-state index in [4.69, 9.17) is 14.2 Å². The van der Waals surface area contributed by atoms with Gasteiger partial charge in [-0.25, -0.2) is 0 Å². The molecular formula is C14H18O4. The molecule has 2 heterocycles. The van der Waals surface area contributed by atoms with Crippen molar-refractivity contribution in [3.05, 3.63) is 35.9 Å². The van der Waals surface area contributed by atoms with Crippen LogP contribution in [0.3, 0.4) is 0 Å². The molecule has 1 N–H and O–H groups in total. The van der Waals surface area contributed by atoms with E-state index in [9.17, 15) is 5.11 Å². The Labute approximate surface area is 106 Å². The van der Waals surface area contributed by atoms with Gasteiger partial charge in [0, 0.05) is 0 Å². The summed E-state index contributed by atoms with van der Waals surface area (Å²) in [5.74, 6) is -0.0533. The highest BCUT2D eigenvalue weighted by Gasteiger charge is 2.45. The first-order chi connectivity index (χ1) is 8.84. The summed E-state index contributed by atoms with van der Waals surface area (Å²) in [4.78, 5) is 0. The third-order valence-electron chi connectivity index (χ3n) is 3.62. The van der Waals surface area contributed by atoms with Crippen LogP contribution in [-0.2, 0) is 20.8 Å². The molecule has 0 spiro atoms. The molecule has 2 fully saturated rings. The Morgan fingerprint density at radius 1 is 1.22 bits per heavy atom. The van der Waals surface area contributed by atoms with Crippen LogP contribution in [0.5, 0.6) is 0 Å². The van der Waals surface area contributed by atoms with E-state index in [2.05, 4.69) is 0 Å². The zero-order valence-corrected chi connectivity index (χ0v) is 10.2. The van der Waals surface area contributed by atoms with Crippen LogP contribution in [0.4, 0.5) is 0 Å². The van der Waals surface area contributed by atoms with Crippen LogP contribution in [0.15, 0.2) is 30.3 Å². The molecule has 4 nitrogen and oxygen atoms in total. The van der Waals surface area contributed by atoms with E-state index in [1.807, 2.05) is 30.3 Å². The van der Waals surface area contributed by atoms with Crippen LogP contribution in [0, 0.1) is 5.92 Å². The lowest BCUT2D eigenvalue weighted by Crippen LogP contribution is -2.42. The molecule has 0 saturated carbocycles. The van der Waals surface area contributed by atoms with Crippen molar-refractivity contribution in [1.82, 2.24) is 0 Å². The van der Waals surface area contributed by atoms with Crippen molar-refractivity contribution < 1.29 is 19.3 Å². The Balaban J connectivity index is 1.60. The largest absolute Gasteiger partial charge is 0.392 e. The Kier molecular flexibility index (Phi) is 3.61. The van der Waals surface area contributed by atoms with Gasteiger partial charge in [-0.2, -0.15) is 0 Å². The third-order valence-corrected chi connectivity index (χ3v) is 3.62. The molecular weight excluding hydrogens is 232 g/mol. The molecule has 98 valence electrons. The van der Waals surface area contributed by atoms with Gasteiger partial charge in [-0.15, -0.1) is 0 Å². The van der Waals surface area contributed by atoms with E-state index < -0.39 is 0 Å². The average molecular weight is 250 g/mol. The maximum absolute atomic E-state index is 10.0. The van der Waals surface area contributed by atoms with Crippen LogP contribution in [0.25, 0.3) is 0 Å². The van der Waals surface area contributed by atoms with E-state index >= 15 is 0 Å².